The summed E-state index contributed by atoms with van der Waals surface area (Å²) in [4.78, 5) is 30.0. The fourth-order valence-corrected chi connectivity index (χ4v) is 4.96. The molecule has 1 aromatic rings. The largest absolute Gasteiger partial charge is 0.380 e. The van der Waals surface area contributed by atoms with E-state index in [0.29, 0.717) is 19.0 Å². The van der Waals surface area contributed by atoms with Gasteiger partial charge in [-0.15, -0.1) is 0 Å². The molecule has 1 aromatic heterocycles. The summed E-state index contributed by atoms with van der Waals surface area (Å²) in [5.41, 5.74) is 2.13. The Morgan fingerprint density at radius 1 is 1.21 bits per heavy atom. The van der Waals surface area contributed by atoms with Crippen LogP contribution in [0.3, 0.4) is 0 Å². The first-order valence-electron chi connectivity index (χ1n) is 11.2. The number of piperidine rings is 1. The second kappa shape index (κ2) is 9.30. The number of carbonyl (C=O) groups excluding carboxylic acids is 1. The highest BCUT2D eigenvalue weighted by Gasteiger charge is 2.36. The van der Waals surface area contributed by atoms with Gasteiger partial charge >= 0.3 is 6.03 Å². The lowest BCUT2D eigenvalue weighted by Crippen LogP contribution is -2.52. The molecule has 2 fully saturated rings. The molecule has 0 aliphatic carbocycles. The molecule has 0 radical (unpaired) electrons. The summed E-state index contributed by atoms with van der Waals surface area (Å²) in [5, 5.41) is 3.04. The van der Waals surface area contributed by atoms with Gasteiger partial charge in [-0.2, -0.15) is 0 Å². The standard InChI is InChI=1S/C22H34N4O3/c1-2-3-7-23-22(28)25-13-17-12-19(16-25)20-6-5-18(21(27)26(20)14-17)15-24-8-4-10-29-11-9-24/h5-6,17,19H,2-4,7-16H2,1H3,(H,23,28)/t17-,19+/m0/s1. The van der Waals surface area contributed by atoms with Crippen LogP contribution in [0, 0.1) is 5.92 Å². The molecule has 3 aliphatic heterocycles. The minimum absolute atomic E-state index is 0.0453. The molecule has 2 amide bonds. The smallest absolute Gasteiger partial charge is 0.317 e. The van der Waals surface area contributed by atoms with Gasteiger partial charge in [0, 0.05) is 69.6 Å². The SMILES string of the molecule is CCCCNC(=O)N1C[C@@H]2C[C@H](C1)c1ccc(CN3CCCOCC3)c(=O)n1C2. The average molecular weight is 403 g/mol. The molecule has 7 nitrogen and oxygen atoms in total. The number of hydrogen-bond acceptors (Lipinski definition) is 4. The Balaban J connectivity index is 1.46. The molecular formula is C22H34N4O3. The number of hydrogen-bond donors (Lipinski definition) is 1. The molecule has 0 aromatic carbocycles. The van der Waals surface area contributed by atoms with E-state index in [9.17, 15) is 9.59 Å². The van der Waals surface area contributed by atoms with Crippen LogP contribution < -0.4 is 10.9 Å². The average Bonchev–Trinajstić information content (AvgIpc) is 2.99. The van der Waals surface area contributed by atoms with E-state index in [1.54, 1.807) is 0 Å². The van der Waals surface area contributed by atoms with Crippen LogP contribution in [0.15, 0.2) is 16.9 Å². The van der Waals surface area contributed by atoms with Crippen LogP contribution in [0.25, 0.3) is 0 Å². The van der Waals surface area contributed by atoms with Crippen molar-refractivity contribution in [3.63, 3.8) is 0 Å². The maximum absolute atomic E-state index is 13.2. The normalized spacial score (nSPS) is 24.7. The molecule has 2 saturated heterocycles. The van der Waals surface area contributed by atoms with Crippen molar-refractivity contribution in [2.45, 2.75) is 51.6 Å². The number of fused-ring (bicyclic) bond motifs is 4. The van der Waals surface area contributed by atoms with Gasteiger partial charge in [-0.3, -0.25) is 9.69 Å². The van der Waals surface area contributed by atoms with Gasteiger partial charge in [0.25, 0.3) is 5.56 Å². The number of aromatic nitrogens is 1. The number of likely N-dealkylation sites (tertiary alicyclic amines) is 1. The highest BCUT2D eigenvalue weighted by molar-refractivity contribution is 5.74. The van der Waals surface area contributed by atoms with Gasteiger partial charge in [0.2, 0.25) is 0 Å². The third kappa shape index (κ3) is 4.67. The lowest BCUT2D eigenvalue weighted by molar-refractivity contribution is 0.130. The van der Waals surface area contributed by atoms with E-state index < -0.39 is 0 Å². The quantitative estimate of drug-likeness (QED) is 0.765. The summed E-state index contributed by atoms with van der Waals surface area (Å²) < 4.78 is 7.53. The minimum atomic E-state index is 0.0453. The highest BCUT2D eigenvalue weighted by atomic mass is 16.5. The molecule has 2 bridgehead atoms. The lowest BCUT2D eigenvalue weighted by Gasteiger charge is -2.42. The summed E-state index contributed by atoms with van der Waals surface area (Å²) in [5.74, 6) is 0.616. The number of carbonyl (C=O) groups is 1. The zero-order valence-electron chi connectivity index (χ0n) is 17.6. The number of nitrogens with zero attached hydrogens (tertiary/aromatic N) is 3. The van der Waals surface area contributed by atoms with Crippen molar-refractivity contribution in [2.24, 2.45) is 5.92 Å². The van der Waals surface area contributed by atoms with Gasteiger partial charge in [-0.05, 0) is 31.2 Å². The Labute approximate surface area is 173 Å². The Morgan fingerprint density at radius 2 is 2.10 bits per heavy atom. The highest BCUT2D eigenvalue weighted by Crippen LogP contribution is 2.35. The van der Waals surface area contributed by atoms with Crippen LogP contribution in [0.1, 0.15) is 49.8 Å². The van der Waals surface area contributed by atoms with Crippen molar-refractivity contribution in [1.29, 1.82) is 0 Å². The summed E-state index contributed by atoms with van der Waals surface area (Å²) in [6.45, 7) is 9.15. The van der Waals surface area contributed by atoms with E-state index in [0.717, 1.165) is 82.9 Å². The fourth-order valence-electron chi connectivity index (χ4n) is 4.96. The molecule has 29 heavy (non-hydrogen) atoms. The molecular weight excluding hydrogens is 368 g/mol. The molecule has 0 unspecified atom stereocenters. The van der Waals surface area contributed by atoms with Gasteiger partial charge in [0.1, 0.15) is 0 Å². The monoisotopic (exact) mass is 402 g/mol. The third-order valence-electron chi connectivity index (χ3n) is 6.49. The first-order valence-corrected chi connectivity index (χ1v) is 11.2. The van der Waals surface area contributed by atoms with Gasteiger partial charge in [0.05, 0.1) is 6.61 Å². The van der Waals surface area contributed by atoms with Crippen LogP contribution in [-0.4, -0.2) is 66.3 Å². The van der Waals surface area contributed by atoms with Crippen LogP contribution >= 0.6 is 0 Å². The maximum atomic E-state index is 13.2. The van der Waals surface area contributed by atoms with Crippen LogP contribution in [0.2, 0.25) is 0 Å². The first kappa shape index (κ1) is 20.4. The van der Waals surface area contributed by atoms with Crippen molar-refractivity contribution in [3.05, 3.63) is 33.7 Å². The summed E-state index contributed by atoms with van der Waals surface area (Å²) >= 11 is 0. The number of unbranched alkanes of at least 4 members (excludes halogenated alkanes) is 1. The number of ether oxygens (including phenoxy) is 1. The number of urea groups is 1. The van der Waals surface area contributed by atoms with E-state index in [4.69, 9.17) is 4.74 Å². The Bertz CT molecular complexity index is 770. The summed E-state index contributed by atoms with van der Waals surface area (Å²) in [6, 6.07) is 4.19. The predicted molar refractivity (Wildman–Crippen MR) is 112 cm³/mol. The van der Waals surface area contributed by atoms with E-state index in [-0.39, 0.29) is 17.5 Å². The topological polar surface area (TPSA) is 66.8 Å². The molecule has 3 aliphatic rings. The van der Waals surface area contributed by atoms with Gasteiger partial charge in [-0.25, -0.2) is 4.79 Å². The Kier molecular flexibility index (Phi) is 6.55. The Morgan fingerprint density at radius 3 is 2.97 bits per heavy atom. The number of nitrogens with one attached hydrogen (secondary N) is 1. The second-order valence-electron chi connectivity index (χ2n) is 8.73. The van der Waals surface area contributed by atoms with Gasteiger partial charge in [-0.1, -0.05) is 19.4 Å². The minimum Gasteiger partial charge on any atom is -0.380 e. The van der Waals surface area contributed by atoms with Crippen molar-refractivity contribution < 1.29 is 9.53 Å². The van der Waals surface area contributed by atoms with Crippen molar-refractivity contribution >= 4 is 6.03 Å². The van der Waals surface area contributed by atoms with E-state index >= 15 is 0 Å². The zero-order valence-corrected chi connectivity index (χ0v) is 17.6. The molecule has 4 heterocycles. The number of amides is 2. The third-order valence-corrected chi connectivity index (χ3v) is 6.49. The van der Waals surface area contributed by atoms with Gasteiger partial charge in [0.15, 0.2) is 0 Å². The molecule has 4 rings (SSSR count). The van der Waals surface area contributed by atoms with Crippen LogP contribution in [0.4, 0.5) is 4.79 Å². The van der Waals surface area contributed by atoms with Crippen molar-refractivity contribution in [1.82, 2.24) is 19.7 Å². The van der Waals surface area contributed by atoms with E-state index in [2.05, 4.69) is 23.2 Å². The van der Waals surface area contributed by atoms with E-state index in [1.165, 1.54) is 0 Å². The predicted octanol–water partition coefficient (Wildman–Crippen LogP) is 2.00. The summed E-state index contributed by atoms with van der Waals surface area (Å²) in [7, 11) is 0. The Hall–Kier alpha value is -1.86. The molecule has 0 saturated carbocycles. The lowest BCUT2D eigenvalue weighted by atomic mass is 9.83. The number of rotatable bonds is 5. The first-order chi connectivity index (χ1) is 14.2. The molecule has 160 valence electrons. The van der Waals surface area contributed by atoms with Crippen molar-refractivity contribution in [2.75, 3.05) is 45.9 Å². The molecule has 2 atom stereocenters. The summed E-state index contributed by atoms with van der Waals surface area (Å²) in [6.07, 6.45) is 4.18. The second-order valence-corrected chi connectivity index (χ2v) is 8.73. The van der Waals surface area contributed by atoms with Crippen molar-refractivity contribution in [3.8, 4) is 0 Å². The van der Waals surface area contributed by atoms with Crippen LogP contribution in [0.5, 0.6) is 0 Å². The fraction of sp³-hybridized carbons (Fsp3) is 0.727. The number of pyridine rings is 1. The van der Waals surface area contributed by atoms with E-state index in [1.807, 2.05) is 15.5 Å². The van der Waals surface area contributed by atoms with Gasteiger partial charge < -0.3 is 19.5 Å². The zero-order chi connectivity index (χ0) is 20.2. The van der Waals surface area contributed by atoms with Crippen LogP contribution in [-0.2, 0) is 17.8 Å². The maximum Gasteiger partial charge on any atom is 0.317 e. The molecule has 7 heteroatoms. The molecule has 0 spiro atoms. The molecule has 1 N–H and O–H groups in total.